The molecule has 0 saturated carbocycles. The topological polar surface area (TPSA) is 80.2 Å². The van der Waals surface area contributed by atoms with E-state index in [0.29, 0.717) is 11.0 Å². The first-order valence-corrected chi connectivity index (χ1v) is 4.49. The van der Waals surface area contributed by atoms with Crippen LogP contribution >= 0.6 is 0 Å². The van der Waals surface area contributed by atoms with Crippen molar-refractivity contribution < 1.29 is 13.0 Å². The van der Waals surface area contributed by atoms with Crippen LogP contribution in [-0.2, 0) is 10.1 Å². The third-order valence-corrected chi connectivity index (χ3v) is 1.49. The predicted molar refractivity (Wildman–Crippen MR) is 42.6 cm³/mol. The molecule has 0 unspecified atom stereocenters. The van der Waals surface area contributed by atoms with Gasteiger partial charge in [-0.25, -0.2) is 9.97 Å². The van der Waals surface area contributed by atoms with Crippen LogP contribution in [0.15, 0.2) is 24.1 Å². The molecule has 6 heteroatoms. The standard InChI is InChI=1S/C6H6N2O3S/c9-12(10,11)2-1-6-3-7-5-8-4-6/h1-5H,(H,9,10,11)/b2-1+. The molecule has 0 amide bonds. The van der Waals surface area contributed by atoms with E-state index in [9.17, 15) is 8.42 Å². The summed E-state index contributed by atoms with van der Waals surface area (Å²) in [5.41, 5.74) is 0.509. The first-order chi connectivity index (χ1) is 5.58. The molecule has 1 N–H and O–H groups in total. The minimum Gasteiger partial charge on any atom is -0.282 e. The lowest BCUT2D eigenvalue weighted by atomic mass is 10.3. The van der Waals surface area contributed by atoms with Crippen molar-refractivity contribution in [3.8, 4) is 0 Å². The van der Waals surface area contributed by atoms with E-state index < -0.39 is 10.1 Å². The molecule has 5 nitrogen and oxygen atoms in total. The second-order valence-corrected chi connectivity index (χ2v) is 3.29. The van der Waals surface area contributed by atoms with E-state index >= 15 is 0 Å². The smallest absolute Gasteiger partial charge is 0.282 e. The van der Waals surface area contributed by atoms with Gasteiger partial charge in [-0.15, -0.1) is 0 Å². The maximum absolute atomic E-state index is 10.2. The average Bonchev–Trinajstić information content (AvgIpc) is 2.02. The first kappa shape index (κ1) is 8.82. The zero-order chi connectivity index (χ0) is 9.03. The Morgan fingerprint density at radius 1 is 1.33 bits per heavy atom. The van der Waals surface area contributed by atoms with Crippen LogP contribution < -0.4 is 0 Å². The highest BCUT2D eigenvalue weighted by Gasteiger charge is 1.94. The quantitative estimate of drug-likeness (QED) is 0.673. The number of aromatic nitrogens is 2. The summed E-state index contributed by atoms with van der Waals surface area (Å²) in [5.74, 6) is 0. The van der Waals surface area contributed by atoms with Gasteiger partial charge in [0, 0.05) is 18.0 Å². The van der Waals surface area contributed by atoms with Gasteiger partial charge in [0.25, 0.3) is 10.1 Å². The Balaban J connectivity index is 2.85. The lowest BCUT2D eigenvalue weighted by Gasteiger charge is -1.87. The Morgan fingerprint density at radius 3 is 2.42 bits per heavy atom. The van der Waals surface area contributed by atoms with Gasteiger partial charge in [-0.05, 0) is 6.08 Å². The Kier molecular flexibility index (Phi) is 2.51. The zero-order valence-electron chi connectivity index (χ0n) is 5.95. The molecule has 0 bridgehead atoms. The largest absolute Gasteiger partial charge is 0.287 e. The molecule has 0 aliphatic carbocycles. The van der Waals surface area contributed by atoms with E-state index in [4.69, 9.17) is 4.55 Å². The fourth-order valence-electron chi connectivity index (χ4n) is 0.561. The molecule has 0 fully saturated rings. The van der Waals surface area contributed by atoms with Gasteiger partial charge < -0.3 is 0 Å². The van der Waals surface area contributed by atoms with Crippen LogP contribution in [-0.4, -0.2) is 22.9 Å². The molecule has 1 rings (SSSR count). The minimum absolute atomic E-state index is 0.509. The molecule has 64 valence electrons. The number of hydrogen-bond donors (Lipinski definition) is 1. The van der Waals surface area contributed by atoms with Crippen LogP contribution in [0.3, 0.4) is 0 Å². The molecular weight excluding hydrogens is 180 g/mol. The van der Waals surface area contributed by atoms with Crippen LogP contribution in [0.5, 0.6) is 0 Å². The highest BCUT2D eigenvalue weighted by Crippen LogP contribution is 1.98. The summed E-state index contributed by atoms with van der Waals surface area (Å²) in [6.45, 7) is 0. The molecule has 0 aliphatic heterocycles. The van der Waals surface area contributed by atoms with Crippen molar-refractivity contribution in [2.45, 2.75) is 0 Å². The van der Waals surface area contributed by atoms with Gasteiger partial charge in [-0.3, -0.25) is 4.55 Å². The molecule has 1 aromatic rings. The Morgan fingerprint density at radius 2 is 1.92 bits per heavy atom. The fraction of sp³-hybridized carbons (Fsp3) is 0. The van der Waals surface area contributed by atoms with Crippen molar-refractivity contribution in [1.29, 1.82) is 0 Å². The van der Waals surface area contributed by atoms with Crippen LogP contribution in [0.25, 0.3) is 6.08 Å². The van der Waals surface area contributed by atoms with Crippen molar-refractivity contribution >= 4 is 16.2 Å². The predicted octanol–water partition coefficient (Wildman–Crippen LogP) is 0.335. The normalized spacial score (nSPS) is 12.1. The lowest BCUT2D eigenvalue weighted by Crippen LogP contribution is -1.89. The molecule has 0 radical (unpaired) electrons. The molecule has 1 aromatic heterocycles. The summed E-state index contributed by atoms with van der Waals surface area (Å²) in [5, 5.41) is 0.672. The van der Waals surface area contributed by atoms with E-state index in [1.165, 1.54) is 24.8 Å². The molecule has 0 atom stereocenters. The maximum Gasteiger partial charge on any atom is 0.287 e. The van der Waals surface area contributed by atoms with Crippen molar-refractivity contribution in [1.82, 2.24) is 9.97 Å². The summed E-state index contributed by atoms with van der Waals surface area (Å²) in [4.78, 5) is 7.29. The van der Waals surface area contributed by atoms with E-state index in [1.807, 2.05) is 0 Å². The molecule has 0 aliphatic rings. The van der Waals surface area contributed by atoms with Gasteiger partial charge in [0.15, 0.2) is 0 Å². The van der Waals surface area contributed by atoms with Crippen LogP contribution in [0.1, 0.15) is 5.56 Å². The Bertz CT molecular complexity index is 371. The third-order valence-electron chi connectivity index (χ3n) is 1.01. The number of rotatable bonds is 2. The van der Waals surface area contributed by atoms with Gasteiger partial charge in [0.2, 0.25) is 0 Å². The monoisotopic (exact) mass is 186 g/mol. The van der Waals surface area contributed by atoms with Crippen molar-refractivity contribution in [3.63, 3.8) is 0 Å². The van der Waals surface area contributed by atoms with E-state index in [0.717, 1.165) is 0 Å². The van der Waals surface area contributed by atoms with Crippen LogP contribution in [0.4, 0.5) is 0 Å². The fourth-order valence-corrected chi connectivity index (χ4v) is 0.890. The highest BCUT2D eigenvalue weighted by molar-refractivity contribution is 7.88. The van der Waals surface area contributed by atoms with Gasteiger partial charge in [-0.2, -0.15) is 8.42 Å². The summed E-state index contributed by atoms with van der Waals surface area (Å²) in [6.07, 6.45) is 5.38. The lowest BCUT2D eigenvalue weighted by molar-refractivity contribution is 0.494. The van der Waals surface area contributed by atoms with Gasteiger partial charge in [0.05, 0.1) is 5.41 Å². The average molecular weight is 186 g/mol. The second kappa shape index (κ2) is 3.42. The van der Waals surface area contributed by atoms with E-state index in [2.05, 4.69) is 9.97 Å². The van der Waals surface area contributed by atoms with Gasteiger partial charge >= 0.3 is 0 Å². The van der Waals surface area contributed by atoms with Crippen LogP contribution in [0, 0.1) is 0 Å². The van der Waals surface area contributed by atoms with Gasteiger partial charge in [0.1, 0.15) is 6.33 Å². The van der Waals surface area contributed by atoms with Crippen molar-refractivity contribution in [2.24, 2.45) is 0 Å². The number of hydrogen-bond acceptors (Lipinski definition) is 4. The molecule has 0 spiro atoms. The van der Waals surface area contributed by atoms with Crippen molar-refractivity contribution in [3.05, 3.63) is 29.7 Å². The van der Waals surface area contributed by atoms with Crippen molar-refractivity contribution in [2.75, 3.05) is 0 Å². The van der Waals surface area contributed by atoms with Gasteiger partial charge in [-0.1, -0.05) is 0 Å². The zero-order valence-corrected chi connectivity index (χ0v) is 6.77. The first-order valence-electron chi connectivity index (χ1n) is 2.98. The second-order valence-electron chi connectivity index (χ2n) is 1.99. The SMILES string of the molecule is O=S(=O)(O)/C=C/c1cncnc1. The molecular formula is C6H6N2O3S. The van der Waals surface area contributed by atoms with E-state index in [-0.39, 0.29) is 0 Å². The third kappa shape index (κ3) is 3.22. The molecule has 0 aromatic carbocycles. The summed E-state index contributed by atoms with van der Waals surface area (Å²) in [7, 11) is -4.06. The Hall–Kier alpha value is -1.27. The Labute approximate surface area is 69.5 Å². The minimum atomic E-state index is -4.06. The maximum atomic E-state index is 10.2. The highest BCUT2D eigenvalue weighted by atomic mass is 32.2. The van der Waals surface area contributed by atoms with E-state index in [1.54, 1.807) is 0 Å². The molecule has 1 heterocycles. The molecule has 0 saturated heterocycles. The summed E-state index contributed by atoms with van der Waals surface area (Å²) < 4.78 is 28.8. The van der Waals surface area contributed by atoms with Crippen LogP contribution in [0.2, 0.25) is 0 Å². The summed E-state index contributed by atoms with van der Waals surface area (Å²) in [6, 6.07) is 0. The molecule has 12 heavy (non-hydrogen) atoms. The summed E-state index contributed by atoms with van der Waals surface area (Å²) >= 11 is 0. The number of nitrogens with zero attached hydrogens (tertiary/aromatic N) is 2.